The summed E-state index contributed by atoms with van der Waals surface area (Å²) in [5, 5.41) is 5.61. The Hall–Kier alpha value is -3.23. The molecule has 3 aromatic carbocycles. The molecule has 0 aliphatic heterocycles. The minimum absolute atomic E-state index is 0.103. The minimum atomic E-state index is -0.460. The number of aromatic nitrogens is 1. The van der Waals surface area contributed by atoms with Gasteiger partial charge < -0.3 is 10.6 Å². The van der Waals surface area contributed by atoms with E-state index in [9.17, 15) is 14.0 Å². The van der Waals surface area contributed by atoms with Gasteiger partial charge in [0.1, 0.15) is 5.82 Å². The molecule has 0 fully saturated rings. The number of rotatable bonds is 6. The number of fused-ring (bicyclic) bond motifs is 1. The topological polar surface area (TPSA) is 71.1 Å². The van der Waals surface area contributed by atoms with Crippen LogP contribution in [-0.4, -0.2) is 22.6 Å². The number of para-hydroxylation sites is 1. The summed E-state index contributed by atoms with van der Waals surface area (Å²) in [7, 11) is 0. The van der Waals surface area contributed by atoms with E-state index >= 15 is 0 Å². The smallest absolute Gasteiger partial charge is 0.255 e. The molecule has 0 aliphatic carbocycles. The average Bonchev–Trinajstić information content (AvgIpc) is 3.15. The highest BCUT2D eigenvalue weighted by atomic mass is 32.2. The largest absolute Gasteiger partial charge is 0.325 e. The van der Waals surface area contributed by atoms with E-state index in [0.717, 1.165) is 20.2 Å². The molecule has 0 unspecified atom stereocenters. The molecule has 0 radical (unpaired) electrons. The number of anilines is 2. The zero-order chi connectivity index (χ0) is 20.9. The molecule has 0 saturated carbocycles. The first kappa shape index (κ1) is 20.1. The molecule has 2 N–H and O–H groups in total. The van der Waals surface area contributed by atoms with Gasteiger partial charge in [-0.1, -0.05) is 36.0 Å². The number of hydrogen-bond donors (Lipinski definition) is 2. The fraction of sp³-hybridized carbons (Fsp3) is 0.0455. The lowest BCUT2D eigenvalue weighted by Gasteiger charge is -2.05. The van der Waals surface area contributed by atoms with Gasteiger partial charge in [0, 0.05) is 16.9 Å². The fourth-order valence-corrected chi connectivity index (χ4v) is 4.63. The first-order valence-electron chi connectivity index (χ1n) is 9.02. The third-order valence-electron chi connectivity index (χ3n) is 4.10. The van der Waals surface area contributed by atoms with Crippen LogP contribution in [0.1, 0.15) is 10.4 Å². The van der Waals surface area contributed by atoms with Crippen LogP contribution in [0.15, 0.2) is 77.1 Å². The van der Waals surface area contributed by atoms with Gasteiger partial charge in [0.15, 0.2) is 4.34 Å². The number of nitrogens with zero attached hydrogens (tertiary/aromatic N) is 1. The van der Waals surface area contributed by atoms with Crippen LogP contribution in [-0.2, 0) is 4.79 Å². The standard InChI is InChI=1S/C22H16FN3O2S2/c23-15-6-4-5-14(11-15)21(28)25-17-9-10-18-19(12-17)30-22(26-18)29-13-20(27)24-16-7-2-1-3-8-16/h1-12H,13H2,(H,24,27)(H,25,28). The maximum atomic E-state index is 13.3. The van der Waals surface area contributed by atoms with Crippen LogP contribution in [0.25, 0.3) is 10.2 Å². The normalized spacial score (nSPS) is 10.7. The Labute approximate surface area is 180 Å². The third kappa shape index (κ3) is 5.03. The van der Waals surface area contributed by atoms with Crippen molar-refractivity contribution in [3.05, 3.63) is 84.2 Å². The number of carbonyl (C=O) groups excluding carboxylic acids is 2. The Morgan fingerprint density at radius 2 is 1.77 bits per heavy atom. The number of amides is 2. The van der Waals surface area contributed by atoms with E-state index < -0.39 is 5.82 Å². The van der Waals surface area contributed by atoms with E-state index in [1.165, 1.54) is 41.3 Å². The van der Waals surface area contributed by atoms with Gasteiger partial charge in [-0.05, 0) is 48.5 Å². The second-order valence-electron chi connectivity index (χ2n) is 6.33. The summed E-state index contributed by atoms with van der Waals surface area (Å²) >= 11 is 2.80. The highest BCUT2D eigenvalue weighted by molar-refractivity contribution is 8.01. The van der Waals surface area contributed by atoms with Crippen molar-refractivity contribution < 1.29 is 14.0 Å². The molecular formula is C22H16FN3O2S2. The van der Waals surface area contributed by atoms with Gasteiger partial charge in [-0.3, -0.25) is 9.59 Å². The Morgan fingerprint density at radius 3 is 2.57 bits per heavy atom. The van der Waals surface area contributed by atoms with Gasteiger partial charge in [0.25, 0.3) is 5.91 Å². The fourth-order valence-electron chi connectivity index (χ4n) is 2.72. The van der Waals surface area contributed by atoms with Gasteiger partial charge >= 0.3 is 0 Å². The van der Waals surface area contributed by atoms with Crippen molar-refractivity contribution >= 4 is 56.5 Å². The third-order valence-corrected chi connectivity index (χ3v) is 6.26. The molecule has 0 bridgehead atoms. The summed E-state index contributed by atoms with van der Waals surface area (Å²) in [6.07, 6.45) is 0. The van der Waals surface area contributed by atoms with Crippen molar-refractivity contribution in [2.75, 3.05) is 16.4 Å². The van der Waals surface area contributed by atoms with Gasteiger partial charge in [-0.15, -0.1) is 11.3 Å². The van der Waals surface area contributed by atoms with Crippen LogP contribution in [0.3, 0.4) is 0 Å². The van der Waals surface area contributed by atoms with Crippen molar-refractivity contribution in [2.45, 2.75) is 4.34 Å². The molecule has 30 heavy (non-hydrogen) atoms. The highest BCUT2D eigenvalue weighted by Gasteiger charge is 2.11. The van der Waals surface area contributed by atoms with Gasteiger partial charge in [-0.25, -0.2) is 9.37 Å². The van der Waals surface area contributed by atoms with Crippen LogP contribution in [0.2, 0.25) is 0 Å². The Bertz CT molecular complexity index is 1210. The highest BCUT2D eigenvalue weighted by Crippen LogP contribution is 2.31. The van der Waals surface area contributed by atoms with E-state index in [1.807, 2.05) is 36.4 Å². The van der Waals surface area contributed by atoms with Crippen molar-refractivity contribution in [3.63, 3.8) is 0 Å². The molecule has 8 heteroatoms. The van der Waals surface area contributed by atoms with E-state index in [-0.39, 0.29) is 23.1 Å². The summed E-state index contributed by atoms with van der Waals surface area (Å²) in [6, 6.07) is 20.2. The van der Waals surface area contributed by atoms with E-state index in [4.69, 9.17) is 0 Å². The van der Waals surface area contributed by atoms with Gasteiger partial charge in [-0.2, -0.15) is 0 Å². The lowest BCUT2D eigenvalue weighted by atomic mass is 10.2. The number of hydrogen-bond acceptors (Lipinski definition) is 5. The van der Waals surface area contributed by atoms with Gasteiger partial charge in [0.2, 0.25) is 5.91 Å². The summed E-state index contributed by atoms with van der Waals surface area (Å²) < 4.78 is 15.0. The molecule has 150 valence electrons. The Kier molecular flexibility index (Phi) is 6.06. The van der Waals surface area contributed by atoms with E-state index in [2.05, 4.69) is 15.6 Å². The SMILES string of the molecule is O=C(CSc1nc2ccc(NC(=O)c3cccc(F)c3)cc2s1)Nc1ccccc1. The molecule has 1 heterocycles. The van der Waals surface area contributed by atoms with Crippen molar-refractivity contribution in [1.29, 1.82) is 0 Å². The monoisotopic (exact) mass is 437 g/mol. The number of halogens is 1. The molecule has 1 aromatic heterocycles. The zero-order valence-corrected chi connectivity index (χ0v) is 17.2. The van der Waals surface area contributed by atoms with Crippen molar-refractivity contribution in [1.82, 2.24) is 4.98 Å². The zero-order valence-electron chi connectivity index (χ0n) is 15.6. The predicted molar refractivity (Wildman–Crippen MR) is 120 cm³/mol. The number of benzene rings is 3. The first-order valence-corrected chi connectivity index (χ1v) is 10.8. The van der Waals surface area contributed by atoms with E-state index in [1.54, 1.807) is 18.2 Å². The molecule has 5 nitrogen and oxygen atoms in total. The molecule has 0 aliphatic rings. The number of thiazole rings is 1. The maximum absolute atomic E-state index is 13.3. The average molecular weight is 438 g/mol. The molecule has 0 saturated heterocycles. The lowest BCUT2D eigenvalue weighted by Crippen LogP contribution is -2.13. The van der Waals surface area contributed by atoms with Crippen LogP contribution >= 0.6 is 23.1 Å². The minimum Gasteiger partial charge on any atom is -0.325 e. The first-order chi connectivity index (χ1) is 14.6. The van der Waals surface area contributed by atoms with Crippen molar-refractivity contribution in [3.8, 4) is 0 Å². The molecule has 0 spiro atoms. The van der Waals surface area contributed by atoms with Crippen LogP contribution in [0, 0.1) is 5.82 Å². The van der Waals surface area contributed by atoms with Crippen LogP contribution in [0.5, 0.6) is 0 Å². The molecule has 4 rings (SSSR count). The molecule has 4 aromatic rings. The quantitative estimate of drug-likeness (QED) is 0.395. The number of carbonyl (C=O) groups is 2. The van der Waals surface area contributed by atoms with Crippen LogP contribution in [0.4, 0.5) is 15.8 Å². The molecule has 2 amide bonds. The van der Waals surface area contributed by atoms with Crippen LogP contribution < -0.4 is 10.6 Å². The summed E-state index contributed by atoms with van der Waals surface area (Å²) in [6.45, 7) is 0. The molecule has 0 atom stereocenters. The summed E-state index contributed by atoms with van der Waals surface area (Å²) in [4.78, 5) is 28.9. The lowest BCUT2D eigenvalue weighted by molar-refractivity contribution is -0.113. The summed E-state index contributed by atoms with van der Waals surface area (Å²) in [5.41, 5.74) is 2.39. The number of thioether (sulfide) groups is 1. The predicted octanol–water partition coefficient (Wildman–Crippen LogP) is 5.42. The van der Waals surface area contributed by atoms with E-state index in [0.29, 0.717) is 5.69 Å². The number of nitrogens with one attached hydrogen (secondary N) is 2. The van der Waals surface area contributed by atoms with Crippen molar-refractivity contribution in [2.24, 2.45) is 0 Å². The molecular weight excluding hydrogens is 421 g/mol. The summed E-state index contributed by atoms with van der Waals surface area (Å²) in [5.74, 6) is -0.699. The van der Waals surface area contributed by atoms with Gasteiger partial charge in [0.05, 0.1) is 16.0 Å². The second-order valence-corrected chi connectivity index (χ2v) is 8.58. The Balaban J connectivity index is 1.39. The maximum Gasteiger partial charge on any atom is 0.255 e. The second kappa shape index (κ2) is 9.06. The Morgan fingerprint density at radius 1 is 0.933 bits per heavy atom.